The Bertz CT molecular complexity index is 2020. The molecule has 266 valence electrons. The summed E-state index contributed by atoms with van der Waals surface area (Å²) in [6.07, 6.45) is 8.66. The van der Waals surface area contributed by atoms with Crippen LogP contribution in [-0.4, -0.2) is 74.2 Å². The van der Waals surface area contributed by atoms with Crippen LogP contribution in [0.15, 0.2) is 73.1 Å². The van der Waals surface area contributed by atoms with E-state index in [0.29, 0.717) is 38.2 Å². The lowest BCUT2D eigenvalue weighted by Crippen LogP contribution is -2.48. The number of benzene rings is 2. The van der Waals surface area contributed by atoms with Gasteiger partial charge in [0.05, 0.1) is 11.2 Å². The Balaban J connectivity index is 1.04. The van der Waals surface area contributed by atoms with E-state index in [1.807, 2.05) is 50.7 Å². The first-order chi connectivity index (χ1) is 24.6. The molecule has 2 aromatic carbocycles. The van der Waals surface area contributed by atoms with Crippen molar-refractivity contribution in [3.8, 4) is 11.3 Å². The smallest absolute Gasteiger partial charge is 0.410 e. The van der Waals surface area contributed by atoms with Crippen molar-refractivity contribution >= 4 is 39.5 Å². The number of nitrogens with zero attached hydrogens (tertiary/aromatic N) is 5. The first-order valence-electron chi connectivity index (χ1n) is 18.3. The third-order valence-corrected chi connectivity index (χ3v) is 10.0. The van der Waals surface area contributed by atoms with Crippen LogP contribution in [0.3, 0.4) is 0 Å². The van der Waals surface area contributed by atoms with Crippen LogP contribution in [-0.2, 0) is 24.9 Å². The predicted octanol–water partition coefficient (Wildman–Crippen LogP) is 7.52. The predicted molar refractivity (Wildman–Crippen MR) is 203 cm³/mol. The summed E-state index contributed by atoms with van der Waals surface area (Å²) in [4.78, 5) is 39.6. The number of nitrogens with one attached hydrogen (secondary N) is 2. The molecule has 0 bridgehead atoms. The topological polar surface area (TPSA) is 105 Å². The van der Waals surface area contributed by atoms with E-state index >= 15 is 0 Å². The third-order valence-electron chi connectivity index (χ3n) is 10.0. The van der Waals surface area contributed by atoms with Crippen molar-refractivity contribution in [3.05, 3.63) is 89.9 Å². The number of anilines is 1. The molecule has 2 aliphatic heterocycles. The van der Waals surface area contributed by atoms with Gasteiger partial charge in [0.1, 0.15) is 11.3 Å². The zero-order chi connectivity index (χ0) is 35.5. The van der Waals surface area contributed by atoms with Gasteiger partial charge < -0.3 is 24.8 Å². The van der Waals surface area contributed by atoms with Gasteiger partial charge >= 0.3 is 6.09 Å². The van der Waals surface area contributed by atoms with Gasteiger partial charge in [0.15, 0.2) is 0 Å². The molecule has 0 radical (unpaired) electrons. The Morgan fingerprint density at radius 3 is 2.39 bits per heavy atom. The lowest BCUT2D eigenvalue weighted by molar-refractivity contribution is 0.0199. The maximum Gasteiger partial charge on any atom is 0.410 e. The van der Waals surface area contributed by atoms with E-state index in [9.17, 15) is 9.59 Å². The number of rotatable bonds is 8. The molecule has 0 atom stereocenters. The van der Waals surface area contributed by atoms with Gasteiger partial charge in [-0.05, 0) is 101 Å². The number of amides is 2. The average Bonchev–Trinajstić information content (AvgIpc) is 3.46. The minimum absolute atomic E-state index is 0.00976. The van der Waals surface area contributed by atoms with Gasteiger partial charge in [0.25, 0.3) is 5.91 Å². The summed E-state index contributed by atoms with van der Waals surface area (Å²) in [5.41, 5.74) is 7.28. The van der Waals surface area contributed by atoms with Crippen molar-refractivity contribution in [3.63, 3.8) is 0 Å². The van der Waals surface area contributed by atoms with Crippen molar-refractivity contribution in [1.82, 2.24) is 29.7 Å². The quantitative estimate of drug-likeness (QED) is 0.174. The van der Waals surface area contributed by atoms with Crippen molar-refractivity contribution < 1.29 is 14.3 Å². The van der Waals surface area contributed by atoms with Crippen molar-refractivity contribution in [2.75, 3.05) is 31.5 Å². The number of carbonyl (C=O) groups excluding carboxylic acids is 2. The van der Waals surface area contributed by atoms with Crippen LogP contribution in [0.4, 0.5) is 10.5 Å². The molecule has 5 aromatic rings. The zero-order valence-electron chi connectivity index (χ0n) is 30.2. The first kappa shape index (κ1) is 34.5. The van der Waals surface area contributed by atoms with Crippen molar-refractivity contribution in [1.29, 1.82) is 0 Å². The molecule has 10 nitrogen and oxygen atoms in total. The molecule has 2 aliphatic rings. The van der Waals surface area contributed by atoms with E-state index in [4.69, 9.17) is 9.72 Å². The monoisotopic (exact) mass is 687 g/mol. The van der Waals surface area contributed by atoms with E-state index in [0.717, 1.165) is 45.3 Å². The van der Waals surface area contributed by atoms with Crippen LogP contribution in [0.5, 0.6) is 0 Å². The number of carbonyl (C=O) groups is 2. The number of ether oxygens (including phenoxy) is 1. The lowest BCUT2D eigenvalue weighted by Gasteiger charge is -2.33. The molecular formula is C41H49N7O3. The SMILES string of the molecule is Cn1c(C(=O)NC2CCN(C(=O)OC(C)(C)C)CC2)cc2cc(-c3cc(NCc4ccc(CN5CCCCC5)cc4)c4cnccc4n3)ccc21. The number of fused-ring (bicyclic) bond motifs is 2. The molecule has 2 saturated heterocycles. The molecule has 0 spiro atoms. The summed E-state index contributed by atoms with van der Waals surface area (Å²) < 4.78 is 7.46. The molecule has 2 amide bonds. The second kappa shape index (κ2) is 14.7. The fraction of sp³-hybridized carbons (Fsp3) is 0.415. The first-order valence-corrected chi connectivity index (χ1v) is 18.3. The largest absolute Gasteiger partial charge is 0.444 e. The highest BCUT2D eigenvalue weighted by Gasteiger charge is 2.28. The Hall–Kier alpha value is -4.96. The number of piperidine rings is 2. The van der Waals surface area contributed by atoms with Gasteiger partial charge in [-0.15, -0.1) is 0 Å². The summed E-state index contributed by atoms with van der Waals surface area (Å²) in [6.45, 7) is 10.8. The average molecular weight is 688 g/mol. The van der Waals surface area contributed by atoms with Crippen LogP contribution in [0.1, 0.15) is 74.5 Å². The van der Waals surface area contributed by atoms with Crippen LogP contribution in [0.25, 0.3) is 33.1 Å². The summed E-state index contributed by atoms with van der Waals surface area (Å²) in [7, 11) is 1.92. The molecule has 10 heteroatoms. The van der Waals surface area contributed by atoms with Crippen molar-refractivity contribution in [2.45, 2.75) is 77.6 Å². The van der Waals surface area contributed by atoms with Crippen LogP contribution in [0.2, 0.25) is 0 Å². The van der Waals surface area contributed by atoms with Crippen LogP contribution in [0, 0.1) is 0 Å². The molecule has 7 rings (SSSR count). The number of hydrogen-bond donors (Lipinski definition) is 2. The highest BCUT2D eigenvalue weighted by molar-refractivity contribution is 6.00. The Morgan fingerprint density at radius 2 is 1.65 bits per heavy atom. The molecule has 5 heterocycles. The fourth-order valence-electron chi connectivity index (χ4n) is 7.22. The lowest BCUT2D eigenvalue weighted by atomic mass is 10.1. The fourth-order valence-corrected chi connectivity index (χ4v) is 7.22. The number of aromatic nitrogens is 3. The van der Waals surface area contributed by atoms with E-state index in [1.165, 1.54) is 43.5 Å². The summed E-state index contributed by atoms with van der Waals surface area (Å²) in [6, 6.07) is 21.1. The van der Waals surface area contributed by atoms with Gasteiger partial charge in [-0.2, -0.15) is 0 Å². The number of likely N-dealkylation sites (tertiary alicyclic amines) is 2. The maximum atomic E-state index is 13.5. The number of pyridine rings is 2. The summed E-state index contributed by atoms with van der Waals surface area (Å²) in [5.74, 6) is -0.117. The van der Waals surface area contributed by atoms with Crippen molar-refractivity contribution in [2.24, 2.45) is 7.05 Å². The molecule has 2 fully saturated rings. The molecule has 51 heavy (non-hydrogen) atoms. The Morgan fingerprint density at radius 1 is 0.902 bits per heavy atom. The number of hydrogen-bond acceptors (Lipinski definition) is 7. The Labute approximate surface area is 300 Å². The van der Waals surface area contributed by atoms with Gasteiger partial charge in [-0.1, -0.05) is 36.8 Å². The molecule has 2 N–H and O–H groups in total. The van der Waals surface area contributed by atoms with Gasteiger partial charge in [-0.3, -0.25) is 14.7 Å². The van der Waals surface area contributed by atoms with E-state index in [1.54, 1.807) is 11.1 Å². The van der Waals surface area contributed by atoms with Gasteiger partial charge in [0.2, 0.25) is 0 Å². The number of aryl methyl sites for hydroxylation is 1. The van der Waals surface area contributed by atoms with Crippen LogP contribution >= 0.6 is 0 Å². The van der Waals surface area contributed by atoms with E-state index in [-0.39, 0.29) is 18.0 Å². The molecule has 0 aliphatic carbocycles. The molecular weight excluding hydrogens is 638 g/mol. The second-order valence-corrected chi connectivity index (χ2v) is 15.0. The molecule has 0 unspecified atom stereocenters. The van der Waals surface area contributed by atoms with Crippen LogP contribution < -0.4 is 10.6 Å². The standard InChI is InChI=1S/C41H49N7O3/c1-41(2,3)51-40(50)48-20-15-32(16-21-48)44-39(49)38-23-31-22-30(12-13-37(31)46(38)4)35-24-36(33-26-42-17-14-34(33)45-35)43-25-28-8-10-29(11-9-28)27-47-18-6-5-7-19-47/h8-14,17,22-24,26,32H,5-7,15-16,18-21,25,27H2,1-4H3,(H,43,45)(H,44,49). The van der Waals surface area contributed by atoms with E-state index in [2.05, 4.69) is 69.0 Å². The normalized spacial score (nSPS) is 16.0. The third kappa shape index (κ3) is 8.17. The summed E-state index contributed by atoms with van der Waals surface area (Å²) >= 11 is 0. The second-order valence-electron chi connectivity index (χ2n) is 15.0. The Kier molecular flexibility index (Phi) is 9.95. The van der Waals surface area contributed by atoms with Gasteiger partial charge in [0, 0.05) is 79.2 Å². The minimum atomic E-state index is -0.531. The molecule has 0 saturated carbocycles. The zero-order valence-corrected chi connectivity index (χ0v) is 30.2. The summed E-state index contributed by atoms with van der Waals surface area (Å²) in [5, 5.41) is 8.80. The molecule has 3 aromatic heterocycles. The van der Waals surface area contributed by atoms with Gasteiger partial charge in [-0.25, -0.2) is 9.78 Å². The highest BCUT2D eigenvalue weighted by atomic mass is 16.6. The highest BCUT2D eigenvalue weighted by Crippen LogP contribution is 2.31. The minimum Gasteiger partial charge on any atom is -0.444 e. The maximum absolute atomic E-state index is 13.5. The van der Waals surface area contributed by atoms with E-state index < -0.39 is 5.60 Å².